The minimum absolute atomic E-state index is 0.0928. The molecular weight excluding hydrogens is 514 g/mol. The van der Waals surface area contributed by atoms with E-state index in [4.69, 9.17) is 10.4 Å². The maximum absolute atomic E-state index is 13.4. The van der Waals surface area contributed by atoms with Gasteiger partial charge in [0.05, 0.1) is 22.9 Å². The van der Waals surface area contributed by atoms with Crippen molar-refractivity contribution in [3.05, 3.63) is 54.1 Å². The number of fused-ring (bicyclic) bond motifs is 3. The van der Waals surface area contributed by atoms with Gasteiger partial charge in [-0.3, -0.25) is 0 Å². The molecule has 1 aliphatic heterocycles. The normalized spacial score (nSPS) is 15.4. The molecule has 0 saturated carbocycles. The van der Waals surface area contributed by atoms with Crippen molar-refractivity contribution in [2.45, 2.75) is 37.5 Å². The molecule has 4 aromatic rings. The lowest BCUT2D eigenvalue weighted by molar-refractivity contribution is 0.368. The number of imidazole rings is 1. The molecule has 1 aromatic carbocycles. The number of benzene rings is 1. The number of hydrogen-bond acceptors (Lipinski definition) is 8. The molecule has 4 heterocycles. The highest BCUT2D eigenvalue weighted by Crippen LogP contribution is 2.30. The number of aryl methyl sites for hydroxylation is 2. The van der Waals surface area contributed by atoms with E-state index in [0.29, 0.717) is 47.7 Å². The summed E-state index contributed by atoms with van der Waals surface area (Å²) in [6.07, 6.45) is 5.18. The van der Waals surface area contributed by atoms with Gasteiger partial charge in [-0.15, -0.1) is 0 Å². The lowest BCUT2D eigenvalue weighted by Gasteiger charge is -2.34. The number of nitrogens with two attached hydrogens (primary N) is 1. The third-order valence-electron chi connectivity index (χ3n) is 6.78. The van der Waals surface area contributed by atoms with Crippen LogP contribution in [0, 0.1) is 24.2 Å². The smallest absolute Gasteiger partial charge is 0.269 e. The van der Waals surface area contributed by atoms with Gasteiger partial charge in [-0.05, 0) is 43.9 Å². The van der Waals surface area contributed by atoms with Crippen LogP contribution >= 0.6 is 0 Å². The van der Waals surface area contributed by atoms with Crippen molar-refractivity contribution < 1.29 is 16.8 Å². The zero-order chi connectivity index (χ0) is 26.4. The van der Waals surface area contributed by atoms with Crippen LogP contribution in [-0.4, -0.2) is 54.3 Å². The van der Waals surface area contributed by atoms with Crippen molar-refractivity contribution in [2.75, 3.05) is 23.9 Å². The molecule has 194 valence electrons. The number of nitriles is 1. The molecule has 0 radical (unpaired) electrons. The summed E-state index contributed by atoms with van der Waals surface area (Å²) in [5.41, 5.74) is 2.39. The molecule has 3 aromatic heterocycles. The van der Waals surface area contributed by atoms with Gasteiger partial charge in [0.2, 0.25) is 10.0 Å². The Kier molecular flexibility index (Phi) is 6.43. The van der Waals surface area contributed by atoms with Crippen LogP contribution in [0.5, 0.6) is 0 Å². The lowest BCUT2D eigenvalue weighted by atomic mass is 9.95. The predicted octanol–water partition coefficient (Wildman–Crippen LogP) is 2.02. The SMILES string of the molecule is Cc1ccc(S(=O)(=O)n2ccc3c2ncc2nc(CCS(N)(=O)=O)n(N4CCC(CC#N)CC4)c23)cc1. The van der Waals surface area contributed by atoms with Gasteiger partial charge >= 0.3 is 0 Å². The summed E-state index contributed by atoms with van der Waals surface area (Å²) >= 11 is 0. The monoisotopic (exact) mass is 541 g/mol. The molecule has 0 amide bonds. The number of sulfonamides is 1. The molecule has 0 bridgehead atoms. The topological polar surface area (TPSA) is 157 Å². The fraction of sp³-hybridized carbons (Fsp3) is 0.375. The predicted molar refractivity (Wildman–Crippen MR) is 139 cm³/mol. The third kappa shape index (κ3) is 4.79. The Hall–Kier alpha value is -3.47. The fourth-order valence-corrected chi connectivity index (χ4v) is 6.60. The third-order valence-corrected chi connectivity index (χ3v) is 9.23. The Morgan fingerprint density at radius 2 is 1.81 bits per heavy atom. The maximum atomic E-state index is 13.4. The molecule has 1 fully saturated rings. The van der Waals surface area contributed by atoms with E-state index in [1.54, 1.807) is 30.3 Å². The maximum Gasteiger partial charge on any atom is 0.269 e. The van der Waals surface area contributed by atoms with Crippen molar-refractivity contribution in [3.8, 4) is 6.07 Å². The molecular formula is C24H27N7O4S2. The second-order valence-electron chi connectivity index (χ2n) is 9.38. The van der Waals surface area contributed by atoms with Crippen LogP contribution < -0.4 is 10.1 Å². The highest BCUT2D eigenvalue weighted by atomic mass is 32.2. The van der Waals surface area contributed by atoms with Gasteiger partial charge in [0, 0.05) is 37.5 Å². The molecule has 0 atom stereocenters. The van der Waals surface area contributed by atoms with Crippen LogP contribution in [0.1, 0.15) is 30.7 Å². The second-order valence-corrected chi connectivity index (χ2v) is 12.9. The number of aromatic nitrogens is 4. The highest BCUT2D eigenvalue weighted by molar-refractivity contribution is 7.90. The summed E-state index contributed by atoms with van der Waals surface area (Å²) in [6, 6.07) is 10.5. The van der Waals surface area contributed by atoms with Crippen LogP contribution in [0.15, 0.2) is 47.6 Å². The first-order chi connectivity index (χ1) is 17.6. The van der Waals surface area contributed by atoms with E-state index in [0.717, 1.165) is 22.4 Å². The van der Waals surface area contributed by atoms with E-state index in [-0.39, 0.29) is 22.7 Å². The van der Waals surface area contributed by atoms with Crippen LogP contribution in [0.3, 0.4) is 0 Å². The Morgan fingerprint density at radius 3 is 2.46 bits per heavy atom. The minimum atomic E-state index is -3.90. The van der Waals surface area contributed by atoms with Crippen LogP contribution in [0.2, 0.25) is 0 Å². The first-order valence-corrected chi connectivity index (χ1v) is 15.1. The number of nitrogens with zero attached hydrogens (tertiary/aromatic N) is 6. The van der Waals surface area contributed by atoms with E-state index >= 15 is 0 Å². The van der Waals surface area contributed by atoms with Gasteiger partial charge in [0.15, 0.2) is 5.65 Å². The molecule has 0 spiro atoms. The van der Waals surface area contributed by atoms with E-state index in [1.807, 2.05) is 11.6 Å². The summed E-state index contributed by atoms with van der Waals surface area (Å²) < 4.78 is 53.4. The molecule has 2 N–H and O–H groups in total. The summed E-state index contributed by atoms with van der Waals surface area (Å²) in [6.45, 7) is 3.18. The molecule has 5 rings (SSSR count). The van der Waals surface area contributed by atoms with E-state index < -0.39 is 20.0 Å². The zero-order valence-corrected chi connectivity index (χ0v) is 21.9. The first-order valence-electron chi connectivity index (χ1n) is 11.9. The van der Waals surface area contributed by atoms with Gasteiger partial charge in [-0.2, -0.15) is 5.26 Å². The molecule has 0 aliphatic carbocycles. The van der Waals surface area contributed by atoms with Crippen molar-refractivity contribution >= 4 is 42.1 Å². The molecule has 11 nitrogen and oxygen atoms in total. The number of hydrogen-bond donors (Lipinski definition) is 1. The average molecular weight is 542 g/mol. The quantitative estimate of drug-likeness (QED) is 0.372. The molecule has 1 saturated heterocycles. The van der Waals surface area contributed by atoms with Gasteiger partial charge in [-0.1, -0.05) is 17.7 Å². The second kappa shape index (κ2) is 9.44. The van der Waals surface area contributed by atoms with Crippen molar-refractivity contribution in [1.82, 2.24) is 18.6 Å². The van der Waals surface area contributed by atoms with Gasteiger partial charge < -0.3 is 5.01 Å². The number of piperidine rings is 1. The Bertz CT molecular complexity index is 1730. The van der Waals surface area contributed by atoms with Crippen LogP contribution in [0.25, 0.3) is 22.1 Å². The van der Waals surface area contributed by atoms with E-state index in [1.165, 1.54) is 12.4 Å². The van der Waals surface area contributed by atoms with Crippen LogP contribution in [-0.2, 0) is 26.5 Å². The first kappa shape index (κ1) is 25.2. The van der Waals surface area contributed by atoms with E-state index in [2.05, 4.69) is 21.0 Å². The molecule has 37 heavy (non-hydrogen) atoms. The number of primary sulfonamides is 1. The summed E-state index contributed by atoms with van der Waals surface area (Å²) in [5, 5.41) is 17.0. The van der Waals surface area contributed by atoms with Gasteiger partial charge in [0.25, 0.3) is 10.0 Å². The van der Waals surface area contributed by atoms with Crippen molar-refractivity contribution in [2.24, 2.45) is 11.1 Å². The Balaban J connectivity index is 1.65. The summed E-state index contributed by atoms with van der Waals surface area (Å²) in [4.78, 5) is 9.25. The van der Waals surface area contributed by atoms with Crippen molar-refractivity contribution in [1.29, 1.82) is 5.26 Å². The van der Waals surface area contributed by atoms with E-state index in [9.17, 15) is 16.8 Å². The largest absolute Gasteiger partial charge is 0.311 e. The fourth-order valence-electron chi connectivity index (χ4n) is 4.83. The molecule has 13 heteroatoms. The number of pyridine rings is 1. The highest BCUT2D eigenvalue weighted by Gasteiger charge is 2.27. The van der Waals surface area contributed by atoms with Crippen molar-refractivity contribution in [3.63, 3.8) is 0 Å². The average Bonchev–Trinajstić information content (AvgIpc) is 3.45. The van der Waals surface area contributed by atoms with Gasteiger partial charge in [-0.25, -0.2) is 40.6 Å². The standard InChI is InChI=1S/C24H27N7O4S2/c1-17-2-4-19(5-3-17)37(34,35)30-14-9-20-23-21(16-27-24(20)30)28-22(10-15-36(26,32)33)31(23)29-12-7-18(6-11-25)8-13-29/h2-5,9,14,16,18H,6-8,10,12-13,15H2,1H3,(H2,26,32,33). The summed E-state index contributed by atoms with van der Waals surface area (Å²) in [5.74, 6) is 0.526. The molecule has 0 unspecified atom stereocenters. The Labute approximate surface area is 215 Å². The van der Waals surface area contributed by atoms with Gasteiger partial charge in [0.1, 0.15) is 16.9 Å². The van der Waals surface area contributed by atoms with Crippen LogP contribution in [0.4, 0.5) is 0 Å². The number of rotatable bonds is 7. The Morgan fingerprint density at radius 1 is 1.11 bits per heavy atom. The molecule has 1 aliphatic rings. The summed E-state index contributed by atoms with van der Waals surface area (Å²) in [7, 11) is -7.62. The zero-order valence-electron chi connectivity index (χ0n) is 20.3. The minimum Gasteiger partial charge on any atom is -0.311 e. The lowest BCUT2D eigenvalue weighted by Crippen LogP contribution is -2.42.